The Morgan fingerprint density at radius 3 is 2.16 bits per heavy atom. The molecule has 0 radical (unpaired) electrons. The van der Waals surface area contributed by atoms with Crippen molar-refractivity contribution in [3.8, 4) is 0 Å². The summed E-state index contributed by atoms with van der Waals surface area (Å²) in [5.41, 5.74) is 2.09. The van der Waals surface area contributed by atoms with Crippen LogP contribution < -0.4 is 0 Å². The summed E-state index contributed by atoms with van der Waals surface area (Å²) in [6, 6.07) is 20.9. The molecular weight excluding hydrogens is 334 g/mol. The van der Waals surface area contributed by atoms with Gasteiger partial charge < -0.3 is 4.74 Å². The standard InChI is InChI=1S/C21H24ClNO2/c1-17(24)25-20-12-14-23(15-13-22)21(16-20,18-8-4-2-5-9-18)19-10-6-3-7-11-19/h2-11,20H,12-16H2,1H3. The summed E-state index contributed by atoms with van der Waals surface area (Å²) < 4.78 is 5.62. The molecule has 3 rings (SSSR count). The monoisotopic (exact) mass is 357 g/mol. The Labute approximate surface area is 154 Å². The lowest BCUT2D eigenvalue weighted by molar-refractivity contribution is -0.151. The lowest BCUT2D eigenvalue weighted by Crippen LogP contribution is -2.55. The molecular formula is C21H24ClNO2. The molecule has 1 heterocycles. The van der Waals surface area contributed by atoms with E-state index in [2.05, 4.69) is 53.4 Å². The Morgan fingerprint density at radius 2 is 1.68 bits per heavy atom. The fourth-order valence-electron chi connectivity index (χ4n) is 3.99. The van der Waals surface area contributed by atoms with Gasteiger partial charge in [0.25, 0.3) is 0 Å². The minimum absolute atomic E-state index is 0.0931. The van der Waals surface area contributed by atoms with Crippen LogP contribution in [0.15, 0.2) is 60.7 Å². The first-order chi connectivity index (χ1) is 12.2. The minimum atomic E-state index is -0.338. The second-order valence-electron chi connectivity index (χ2n) is 6.49. The molecule has 1 unspecified atom stereocenters. The SMILES string of the molecule is CC(=O)OC1CCN(CCCl)C(c2ccccc2)(c2ccccc2)C1. The topological polar surface area (TPSA) is 29.5 Å². The molecule has 132 valence electrons. The maximum atomic E-state index is 11.5. The van der Waals surface area contributed by atoms with Crippen LogP contribution in [0.25, 0.3) is 0 Å². The van der Waals surface area contributed by atoms with Crippen LogP contribution in [0, 0.1) is 0 Å². The van der Waals surface area contributed by atoms with E-state index < -0.39 is 0 Å². The van der Waals surface area contributed by atoms with E-state index in [-0.39, 0.29) is 17.6 Å². The van der Waals surface area contributed by atoms with E-state index in [0.29, 0.717) is 5.88 Å². The molecule has 4 heteroatoms. The van der Waals surface area contributed by atoms with Crippen LogP contribution in [0.2, 0.25) is 0 Å². The average Bonchev–Trinajstić information content (AvgIpc) is 2.64. The van der Waals surface area contributed by atoms with E-state index in [0.717, 1.165) is 25.9 Å². The Balaban J connectivity index is 2.12. The number of piperidine rings is 1. The number of hydrogen-bond acceptors (Lipinski definition) is 3. The zero-order valence-corrected chi connectivity index (χ0v) is 15.3. The maximum absolute atomic E-state index is 11.5. The number of likely N-dealkylation sites (tertiary alicyclic amines) is 1. The molecule has 0 amide bonds. The smallest absolute Gasteiger partial charge is 0.302 e. The molecule has 0 spiro atoms. The van der Waals surface area contributed by atoms with Gasteiger partial charge in [-0.25, -0.2) is 0 Å². The Hall–Kier alpha value is -1.84. The first kappa shape index (κ1) is 18.0. The van der Waals surface area contributed by atoms with Gasteiger partial charge >= 0.3 is 5.97 Å². The predicted molar refractivity (Wildman–Crippen MR) is 101 cm³/mol. The number of esters is 1. The molecule has 2 aromatic carbocycles. The third-order valence-electron chi connectivity index (χ3n) is 4.97. The van der Waals surface area contributed by atoms with Crippen LogP contribution in [0.4, 0.5) is 0 Å². The third-order valence-corrected chi connectivity index (χ3v) is 5.14. The molecule has 0 bridgehead atoms. The first-order valence-electron chi connectivity index (χ1n) is 8.76. The molecule has 0 aliphatic carbocycles. The Kier molecular flexibility index (Phi) is 5.77. The zero-order chi connectivity index (χ0) is 17.7. The molecule has 0 aromatic heterocycles. The zero-order valence-electron chi connectivity index (χ0n) is 14.5. The van der Waals surface area contributed by atoms with Crippen molar-refractivity contribution in [2.45, 2.75) is 31.4 Å². The van der Waals surface area contributed by atoms with E-state index in [9.17, 15) is 4.79 Å². The fourth-order valence-corrected chi connectivity index (χ4v) is 4.19. The first-order valence-corrected chi connectivity index (χ1v) is 9.29. The largest absolute Gasteiger partial charge is 0.462 e. The number of carbonyl (C=O) groups excluding carboxylic acids is 1. The summed E-state index contributed by atoms with van der Waals surface area (Å²) in [6.07, 6.45) is 1.47. The quantitative estimate of drug-likeness (QED) is 0.593. The summed E-state index contributed by atoms with van der Waals surface area (Å²) in [7, 11) is 0. The van der Waals surface area contributed by atoms with Crippen LogP contribution in [0.1, 0.15) is 30.9 Å². The van der Waals surface area contributed by atoms with Crippen LogP contribution in [-0.4, -0.2) is 35.9 Å². The minimum Gasteiger partial charge on any atom is -0.462 e. The van der Waals surface area contributed by atoms with Crippen LogP contribution in [-0.2, 0) is 15.1 Å². The highest BCUT2D eigenvalue weighted by Gasteiger charge is 2.45. The number of benzene rings is 2. The molecule has 1 aliphatic heterocycles. The van der Waals surface area contributed by atoms with E-state index in [4.69, 9.17) is 16.3 Å². The highest BCUT2D eigenvalue weighted by Crippen LogP contribution is 2.44. The van der Waals surface area contributed by atoms with Gasteiger partial charge in [0.05, 0.1) is 5.54 Å². The molecule has 0 N–H and O–H groups in total. The van der Waals surface area contributed by atoms with Crippen LogP contribution >= 0.6 is 11.6 Å². The number of carbonyl (C=O) groups is 1. The Morgan fingerprint density at radius 1 is 1.12 bits per heavy atom. The number of halogens is 1. The molecule has 1 atom stereocenters. The van der Waals surface area contributed by atoms with E-state index >= 15 is 0 Å². The maximum Gasteiger partial charge on any atom is 0.302 e. The van der Waals surface area contributed by atoms with Crippen molar-refractivity contribution in [3.63, 3.8) is 0 Å². The molecule has 0 saturated carbocycles. The van der Waals surface area contributed by atoms with Gasteiger partial charge in [0, 0.05) is 32.3 Å². The normalized spacial score (nSPS) is 20.2. The van der Waals surface area contributed by atoms with Gasteiger partial charge in [-0.1, -0.05) is 60.7 Å². The average molecular weight is 358 g/mol. The number of alkyl halides is 1. The van der Waals surface area contributed by atoms with Crippen molar-refractivity contribution in [1.29, 1.82) is 0 Å². The van der Waals surface area contributed by atoms with Gasteiger partial charge in [0.15, 0.2) is 0 Å². The van der Waals surface area contributed by atoms with Gasteiger partial charge in [-0.05, 0) is 17.5 Å². The number of rotatable bonds is 5. The van der Waals surface area contributed by atoms with E-state index in [1.54, 1.807) is 0 Å². The second kappa shape index (κ2) is 8.03. The summed E-state index contributed by atoms with van der Waals surface area (Å²) in [6.45, 7) is 3.12. The molecule has 1 saturated heterocycles. The van der Waals surface area contributed by atoms with E-state index in [1.807, 2.05) is 12.1 Å². The van der Waals surface area contributed by atoms with Gasteiger partial charge in [0.1, 0.15) is 6.10 Å². The lowest BCUT2D eigenvalue weighted by Gasteiger charge is -2.50. The van der Waals surface area contributed by atoms with Crippen molar-refractivity contribution in [2.75, 3.05) is 19.0 Å². The highest BCUT2D eigenvalue weighted by molar-refractivity contribution is 6.18. The highest BCUT2D eigenvalue weighted by atomic mass is 35.5. The second-order valence-corrected chi connectivity index (χ2v) is 6.87. The molecule has 1 fully saturated rings. The summed E-state index contributed by atoms with van der Waals surface area (Å²) in [4.78, 5) is 14.0. The Bertz CT molecular complexity index is 650. The van der Waals surface area contributed by atoms with Crippen molar-refractivity contribution in [1.82, 2.24) is 4.90 Å². The van der Waals surface area contributed by atoms with Crippen LogP contribution in [0.5, 0.6) is 0 Å². The summed E-state index contributed by atoms with van der Waals surface area (Å²) in [5, 5.41) is 0. The van der Waals surface area contributed by atoms with Crippen molar-refractivity contribution < 1.29 is 9.53 Å². The lowest BCUT2D eigenvalue weighted by atomic mass is 9.74. The fraction of sp³-hybridized carbons (Fsp3) is 0.381. The van der Waals surface area contributed by atoms with Gasteiger partial charge in [0.2, 0.25) is 0 Å². The van der Waals surface area contributed by atoms with Gasteiger partial charge in [-0.15, -0.1) is 11.6 Å². The van der Waals surface area contributed by atoms with Gasteiger partial charge in [-0.2, -0.15) is 0 Å². The van der Waals surface area contributed by atoms with Crippen molar-refractivity contribution in [3.05, 3.63) is 71.8 Å². The summed E-state index contributed by atoms with van der Waals surface area (Å²) in [5.74, 6) is 0.352. The van der Waals surface area contributed by atoms with Crippen molar-refractivity contribution in [2.24, 2.45) is 0 Å². The molecule has 1 aliphatic rings. The predicted octanol–water partition coefficient (Wildman–Crippen LogP) is 4.20. The third kappa shape index (κ3) is 3.73. The number of ether oxygens (including phenoxy) is 1. The molecule has 3 nitrogen and oxygen atoms in total. The van der Waals surface area contributed by atoms with Crippen molar-refractivity contribution >= 4 is 17.6 Å². The molecule has 25 heavy (non-hydrogen) atoms. The summed E-state index contributed by atoms with van der Waals surface area (Å²) >= 11 is 6.13. The van der Waals surface area contributed by atoms with Gasteiger partial charge in [-0.3, -0.25) is 9.69 Å². The number of hydrogen-bond donors (Lipinski definition) is 0. The van der Waals surface area contributed by atoms with Crippen LogP contribution in [0.3, 0.4) is 0 Å². The van der Waals surface area contributed by atoms with E-state index in [1.165, 1.54) is 18.1 Å². The molecule has 2 aromatic rings. The number of nitrogens with zero attached hydrogens (tertiary/aromatic N) is 1.